The van der Waals surface area contributed by atoms with Gasteiger partial charge in [0.15, 0.2) is 0 Å². The van der Waals surface area contributed by atoms with Crippen molar-refractivity contribution in [1.29, 1.82) is 0 Å². The molecule has 0 aliphatic carbocycles. The first kappa shape index (κ1) is 14.1. The summed E-state index contributed by atoms with van der Waals surface area (Å²) in [6.45, 7) is 5.27. The first-order chi connectivity index (χ1) is 10.7. The Balaban J connectivity index is 2.15. The molecule has 3 rings (SSSR count). The zero-order valence-electron chi connectivity index (χ0n) is 12.4. The van der Waals surface area contributed by atoms with Crippen molar-refractivity contribution in [3.63, 3.8) is 0 Å². The van der Waals surface area contributed by atoms with Gasteiger partial charge in [0.05, 0.1) is 0 Å². The highest BCUT2D eigenvalue weighted by molar-refractivity contribution is 5.99. The topological polar surface area (TPSA) is 26.3 Å². The number of benzene rings is 3. The van der Waals surface area contributed by atoms with E-state index in [1.807, 2.05) is 42.5 Å². The Kier molecular flexibility index (Phi) is 3.75. The zero-order valence-corrected chi connectivity index (χ0v) is 12.4. The van der Waals surface area contributed by atoms with Gasteiger partial charge in [0.2, 0.25) is 0 Å². The summed E-state index contributed by atoms with van der Waals surface area (Å²) in [5.41, 5.74) is 2.32. The summed E-state index contributed by atoms with van der Waals surface area (Å²) >= 11 is 0. The van der Waals surface area contributed by atoms with Gasteiger partial charge in [-0.25, -0.2) is 4.79 Å². The minimum absolute atomic E-state index is 0.382. The smallest absolute Gasteiger partial charge is 0.338 e. The lowest BCUT2D eigenvalue weighted by molar-refractivity contribution is -0.130. The molecule has 0 unspecified atom stereocenters. The van der Waals surface area contributed by atoms with E-state index in [4.69, 9.17) is 4.74 Å². The summed E-state index contributed by atoms with van der Waals surface area (Å²) in [7, 11) is 0. The third-order valence-corrected chi connectivity index (χ3v) is 3.52. The van der Waals surface area contributed by atoms with E-state index in [1.54, 1.807) is 13.0 Å². The number of ether oxygens (including phenoxy) is 1. The lowest BCUT2D eigenvalue weighted by Crippen LogP contribution is -2.08. The Hall–Kier alpha value is -2.87. The molecule has 22 heavy (non-hydrogen) atoms. The van der Waals surface area contributed by atoms with Crippen LogP contribution in [0.25, 0.3) is 21.9 Å². The van der Waals surface area contributed by atoms with E-state index in [0.717, 1.165) is 21.9 Å². The number of para-hydroxylation sites is 1. The second-order valence-electron chi connectivity index (χ2n) is 5.19. The first-order valence-electron chi connectivity index (χ1n) is 7.11. The van der Waals surface area contributed by atoms with E-state index >= 15 is 0 Å². The Bertz CT molecular complexity index is 857. The molecule has 0 amide bonds. The molecule has 0 aliphatic rings. The predicted octanol–water partition coefficient (Wildman–Crippen LogP) is 4.99. The van der Waals surface area contributed by atoms with Gasteiger partial charge in [-0.2, -0.15) is 0 Å². The van der Waals surface area contributed by atoms with Gasteiger partial charge in [0.25, 0.3) is 0 Å². The molecule has 0 radical (unpaired) electrons. The van der Waals surface area contributed by atoms with Crippen molar-refractivity contribution in [2.75, 3.05) is 0 Å². The molecule has 0 aromatic heterocycles. The third kappa shape index (κ3) is 2.63. The van der Waals surface area contributed by atoms with Crippen LogP contribution in [0.5, 0.6) is 5.75 Å². The lowest BCUT2D eigenvalue weighted by atomic mass is 9.98. The number of carbonyl (C=O) groups excluding carboxylic acids is 1. The van der Waals surface area contributed by atoms with Crippen molar-refractivity contribution in [3.05, 3.63) is 78.9 Å². The molecule has 0 atom stereocenters. The van der Waals surface area contributed by atoms with E-state index < -0.39 is 5.97 Å². The number of hydrogen-bond donors (Lipinski definition) is 0. The summed E-state index contributed by atoms with van der Waals surface area (Å²) in [5.74, 6) is 0.138. The summed E-state index contributed by atoms with van der Waals surface area (Å²) in [4.78, 5) is 11.8. The fourth-order valence-corrected chi connectivity index (χ4v) is 2.43. The van der Waals surface area contributed by atoms with Gasteiger partial charge in [-0.05, 0) is 29.3 Å². The molecule has 2 heteroatoms. The molecule has 0 bridgehead atoms. The van der Waals surface area contributed by atoms with Crippen LogP contribution in [0.1, 0.15) is 6.92 Å². The average Bonchev–Trinajstić information content (AvgIpc) is 2.55. The molecule has 3 aromatic carbocycles. The van der Waals surface area contributed by atoms with E-state index in [1.165, 1.54) is 0 Å². The Morgan fingerprint density at radius 1 is 0.864 bits per heavy atom. The molecule has 0 aliphatic heterocycles. The van der Waals surface area contributed by atoms with Gasteiger partial charge in [-0.1, -0.05) is 67.2 Å². The number of hydrogen-bond acceptors (Lipinski definition) is 2. The zero-order chi connectivity index (χ0) is 15.5. The van der Waals surface area contributed by atoms with Gasteiger partial charge in [0.1, 0.15) is 5.75 Å². The number of carbonyl (C=O) groups is 1. The SMILES string of the molecule is C=C(C)C(=O)Oc1ccccc1-c1cccc2ccccc12. The van der Waals surface area contributed by atoms with Crippen LogP contribution in [-0.4, -0.2) is 5.97 Å². The standard InChI is InChI=1S/C20H16O2/c1-14(2)20(21)22-19-13-6-5-11-18(19)17-12-7-9-15-8-3-4-10-16(15)17/h3-13H,1H2,2H3. The lowest BCUT2D eigenvalue weighted by Gasteiger charge is -2.12. The van der Waals surface area contributed by atoms with Crippen LogP contribution in [0, 0.1) is 0 Å². The van der Waals surface area contributed by atoms with E-state index in [-0.39, 0.29) is 0 Å². The normalized spacial score (nSPS) is 10.4. The largest absolute Gasteiger partial charge is 0.423 e. The third-order valence-electron chi connectivity index (χ3n) is 3.52. The molecule has 0 saturated carbocycles. The molecule has 108 valence electrons. The molecule has 0 spiro atoms. The quantitative estimate of drug-likeness (QED) is 0.385. The van der Waals surface area contributed by atoms with Gasteiger partial charge in [0, 0.05) is 11.1 Å². The summed E-state index contributed by atoms with van der Waals surface area (Å²) < 4.78 is 5.47. The maximum Gasteiger partial charge on any atom is 0.338 e. The van der Waals surface area contributed by atoms with E-state index in [0.29, 0.717) is 11.3 Å². The van der Waals surface area contributed by atoms with E-state index in [2.05, 4.69) is 24.8 Å². The maximum absolute atomic E-state index is 11.8. The number of esters is 1. The Labute approximate surface area is 129 Å². The van der Waals surface area contributed by atoms with Crippen molar-refractivity contribution >= 4 is 16.7 Å². The molecule has 0 saturated heterocycles. The molecule has 0 N–H and O–H groups in total. The van der Waals surface area contributed by atoms with Gasteiger partial charge < -0.3 is 4.74 Å². The van der Waals surface area contributed by atoms with Gasteiger partial charge >= 0.3 is 5.97 Å². The van der Waals surface area contributed by atoms with Gasteiger partial charge in [-0.3, -0.25) is 0 Å². The van der Waals surface area contributed by atoms with Crippen molar-refractivity contribution in [2.24, 2.45) is 0 Å². The van der Waals surface area contributed by atoms with Crippen molar-refractivity contribution in [3.8, 4) is 16.9 Å². The molecule has 2 nitrogen and oxygen atoms in total. The fraction of sp³-hybridized carbons (Fsp3) is 0.0500. The average molecular weight is 288 g/mol. The molecule has 3 aromatic rings. The fourth-order valence-electron chi connectivity index (χ4n) is 2.43. The minimum atomic E-state index is -0.410. The van der Waals surface area contributed by atoms with Crippen LogP contribution < -0.4 is 4.74 Å². The molecule has 0 fully saturated rings. The van der Waals surface area contributed by atoms with Crippen LogP contribution in [0.4, 0.5) is 0 Å². The highest BCUT2D eigenvalue weighted by Crippen LogP contribution is 2.35. The molecular weight excluding hydrogens is 272 g/mol. The maximum atomic E-state index is 11.8. The van der Waals surface area contributed by atoms with Gasteiger partial charge in [-0.15, -0.1) is 0 Å². The van der Waals surface area contributed by atoms with Crippen LogP contribution in [0.15, 0.2) is 78.9 Å². The summed E-state index contributed by atoms with van der Waals surface area (Å²) in [5, 5.41) is 2.28. The van der Waals surface area contributed by atoms with Crippen LogP contribution in [0.3, 0.4) is 0 Å². The van der Waals surface area contributed by atoms with Crippen LogP contribution in [-0.2, 0) is 4.79 Å². The van der Waals surface area contributed by atoms with Crippen LogP contribution >= 0.6 is 0 Å². The van der Waals surface area contributed by atoms with Crippen molar-refractivity contribution in [1.82, 2.24) is 0 Å². The second-order valence-corrected chi connectivity index (χ2v) is 5.19. The van der Waals surface area contributed by atoms with Crippen molar-refractivity contribution < 1.29 is 9.53 Å². The highest BCUT2D eigenvalue weighted by Gasteiger charge is 2.12. The molecule has 0 heterocycles. The minimum Gasteiger partial charge on any atom is -0.423 e. The number of fused-ring (bicyclic) bond motifs is 1. The first-order valence-corrected chi connectivity index (χ1v) is 7.11. The molecular formula is C20H16O2. The van der Waals surface area contributed by atoms with E-state index in [9.17, 15) is 4.79 Å². The number of rotatable bonds is 3. The Morgan fingerprint density at radius 3 is 2.32 bits per heavy atom. The highest BCUT2D eigenvalue weighted by atomic mass is 16.5. The summed E-state index contributed by atoms with van der Waals surface area (Å²) in [6, 6.07) is 21.8. The predicted molar refractivity (Wildman–Crippen MR) is 89.8 cm³/mol. The second kappa shape index (κ2) is 5.86. The van der Waals surface area contributed by atoms with Crippen molar-refractivity contribution in [2.45, 2.75) is 6.92 Å². The monoisotopic (exact) mass is 288 g/mol. The summed E-state index contributed by atoms with van der Waals surface area (Å²) in [6.07, 6.45) is 0. The Morgan fingerprint density at radius 2 is 1.50 bits per heavy atom. The van der Waals surface area contributed by atoms with Crippen LogP contribution in [0.2, 0.25) is 0 Å².